The van der Waals surface area contributed by atoms with Crippen LogP contribution in [0.1, 0.15) is 36.5 Å². The van der Waals surface area contributed by atoms with Crippen LogP contribution in [0.15, 0.2) is 24.3 Å². The van der Waals surface area contributed by atoms with Gasteiger partial charge in [0.1, 0.15) is 12.4 Å². The zero-order valence-electron chi connectivity index (χ0n) is 14.8. The lowest BCUT2D eigenvalue weighted by Gasteiger charge is -2.11. The van der Waals surface area contributed by atoms with E-state index in [0.717, 1.165) is 25.9 Å². The summed E-state index contributed by atoms with van der Waals surface area (Å²) in [5.74, 6) is -0.717. The van der Waals surface area contributed by atoms with Crippen molar-refractivity contribution in [2.75, 3.05) is 26.4 Å². The van der Waals surface area contributed by atoms with Crippen LogP contribution in [0.25, 0.3) is 0 Å². The number of urea groups is 1. The van der Waals surface area contributed by atoms with E-state index in [0.29, 0.717) is 18.9 Å². The van der Waals surface area contributed by atoms with Crippen molar-refractivity contribution in [1.29, 1.82) is 0 Å². The molecule has 0 saturated carbocycles. The highest BCUT2D eigenvalue weighted by molar-refractivity contribution is 5.97. The Kier molecular flexibility index (Phi) is 7.88. The van der Waals surface area contributed by atoms with E-state index < -0.39 is 24.5 Å². The molecule has 1 aromatic carbocycles. The highest BCUT2D eigenvalue weighted by Gasteiger charge is 2.16. The third-order valence-electron chi connectivity index (χ3n) is 3.67. The van der Waals surface area contributed by atoms with E-state index in [1.54, 1.807) is 24.3 Å². The fourth-order valence-electron chi connectivity index (χ4n) is 2.31. The maximum absolute atomic E-state index is 11.9. The standard InChI is InChI=1S/C18H24N2O6/c1-2-9-19-18(23)20-16(21)12-26-17(22)13-5-7-14(8-6-13)25-11-15-4-3-10-24-15/h5-8,15H,2-4,9-12H2,1H3,(H2,19,20,21,23)/t15-/m0/s1. The minimum Gasteiger partial charge on any atom is -0.491 e. The number of carbonyl (C=O) groups excluding carboxylic acids is 3. The van der Waals surface area contributed by atoms with E-state index >= 15 is 0 Å². The summed E-state index contributed by atoms with van der Waals surface area (Å²) in [5.41, 5.74) is 0.290. The van der Waals surface area contributed by atoms with E-state index in [9.17, 15) is 14.4 Å². The van der Waals surface area contributed by atoms with Gasteiger partial charge in [-0.05, 0) is 43.5 Å². The molecule has 8 heteroatoms. The van der Waals surface area contributed by atoms with Crippen molar-refractivity contribution < 1.29 is 28.6 Å². The van der Waals surface area contributed by atoms with Crippen molar-refractivity contribution in [3.8, 4) is 5.75 Å². The van der Waals surface area contributed by atoms with Crippen LogP contribution in [-0.4, -0.2) is 50.4 Å². The number of rotatable bonds is 8. The smallest absolute Gasteiger partial charge is 0.338 e. The number of esters is 1. The molecule has 1 aromatic rings. The maximum Gasteiger partial charge on any atom is 0.338 e. The number of imide groups is 1. The zero-order valence-corrected chi connectivity index (χ0v) is 14.8. The molecule has 0 aromatic heterocycles. The number of hydrogen-bond acceptors (Lipinski definition) is 6. The summed E-state index contributed by atoms with van der Waals surface area (Å²) in [6.45, 7) is 3.06. The Morgan fingerprint density at radius 3 is 2.65 bits per heavy atom. The Morgan fingerprint density at radius 1 is 1.23 bits per heavy atom. The second-order valence-electron chi connectivity index (χ2n) is 5.85. The van der Waals surface area contributed by atoms with Gasteiger partial charge in [0.25, 0.3) is 5.91 Å². The van der Waals surface area contributed by atoms with Crippen molar-refractivity contribution in [2.45, 2.75) is 32.3 Å². The second kappa shape index (κ2) is 10.4. The molecular weight excluding hydrogens is 340 g/mol. The quantitative estimate of drug-likeness (QED) is 0.680. The van der Waals surface area contributed by atoms with Crippen LogP contribution in [0, 0.1) is 0 Å². The predicted molar refractivity (Wildman–Crippen MR) is 93.0 cm³/mol. The topological polar surface area (TPSA) is 103 Å². The van der Waals surface area contributed by atoms with Gasteiger partial charge in [0.15, 0.2) is 6.61 Å². The number of nitrogens with one attached hydrogen (secondary N) is 2. The highest BCUT2D eigenvalue weighted by Crippen LogP contribution is 2.17. The summed E-state index contributed by atoms with van der Waals surface area (Å²) in [6, 6.07) is 5.81. The number of hydrogen-bond donors (Lipinski definition) is 2. The van der Waals surface area contributed by atoms with Crippen molar-refractivity contribution >= 4 is 17.9 Å². The SMILES string of the molecule is CCCNC(=O)NC(=O)COC(=O)c1ccc(OC[C@@H]2CCCO2)cc1. The number of ether oxygens (including phenoxy) is 3. The Bertz CT molecular complexity index is 611. The summed E-state index contributed by atoms with van der Waals surface area (Å²) in [5, 5.41) is 4.56. The summed E-state index contributed by atoms with van der Waals surface area (Å²) in [4.78, 5) is 34.8. The predicted octanol–water partition coefficient (Wildman–Crippen LogP) is 1.64. The molecule has 1 heterocycles. The summed E-state index contributed by atoms with van der Waals surface area (Å²) in [7, 11) is 0. The molecule has 0 unspecified atom stereocenters. The summed E-state index contributed by atoms with van der Waals surface area (Å²) >= 11 is 0. The van der Waals surface area contributed by atoms with Crippen LogP contribution in [0.3, 0.4) is 0 Å². The molecule has 1 fully saturated rings. The van der Waals surface area contributed by atoms with E-state index in [1.807, 2.05) is 6.92 Å². The average molecular weight is 364 g/mol. The molecular formula is C18H24N2O6. The van der Waals surface area contributed by atoms with Gasteiger partial charge in [0.05, 0.1) is 11.7 Å². The Balaban J connectivity index is 1.71. The first-order chi connectivity index (χ1) is 12.6. The number of benzene rings is 1. The minimum absolute atomic E-state index is 0.118. The molecule has 1 aliphatic heterocycles. The minimum atomic E-state index is -0.691. The van der Waals surface area contributed by atoms with Crippen LogP contribution >= 0.6 is 0 Å². The summed E-state index contributed by atoms with van der Waals surface area (Å²) < 4.78 is 16.0. The van der Waals surface area contributed by atoms with Crippen LogP contribution in [0.4, 0.5) is 4.79 Å². The molecule has 1 atom stereocenters. The number of carbonyl (C=O) groups is 3. The van der Waals surface area contributed by atoms with Gasteiger partial charge in [-0.1, -0.05) is 6.92 Å². The first-order valence-corrected chi connectivity index (χ1v) is 8.67. The van der Waals surface area contributed by atoms with Gasteiger partial charge < -0.3 is 19.5 Å². The molecule has 8 nitrogen and oxygen atoms in total. The van der Waals surface area contributed by atoms with Gasteiger partial charge >= 0.3 is 12.0 Å². The lowest BCUT2D eigenvalue weighted by Crippen LogP contribution is -2.41. The van der Waals surface area contributed by atoms with Crippen LogP contribution < -0.4 is 15.4 Å². The van der Waals surface area contributed by atoms with Crippen LogP contribution in [0.5, 0.6) is 5.75 Å². The monoisotopic (exact) mass is 364 g/mol. The molecule has 0 spiro atoms. The summed E-state index contributed by atoms with van der Waals surface area (Å²) in [6.07, 6.45) is 2.91. The van der Waals surface area contributed by atoms with Crippen LogP contribution in [0.2, 0.25) is 0 Å². The average Bonchev–Trinajstić information content (AvgIpc) is 3.16. The van der Waals surface area contributed by atoms with Gasteiger partial charge in [-0.15, -0.1) is 0 Å². The molecule has 0 bridgehead atoms. The molecule has 0 radical (unpaired) electrons. The van der Waals surface area contributed by atoms with Gasteiger partial charge in [-0.3, -0.25) is 10.1 Å². The fourth-order valence-corrected chi connectivity index (χ4v) is 2.31. The zero-order chi connectivity index (χ0) is 18.8. The van der Waals surface area contributed by atoms with Crippen molar-refractivity contribution in [2.24, 2.45) is 0 Å². The molecule has 2 rings (SSSR count). The first-order valence-electron chi connectivity index (χ1n) is 8.67. The maximum atomic E-state index is 11.9. The van der Waals surface area contributed by atoms with Crippen molar-refractivity contribution in [3.05, 3.63) is 29.8 Å². The molecule has 0 aliphatic carbocycles. The Labute approximate surface area is 152 Å². The highest BCUT2D eigenvalue weighted by atomic mass is 16.5. The van der Waals surface area contributed by atoms with Gasteiger partial charge in [-0.25, -0.2) is 9.59 Å². The van der Waals surface area contributed by atoms with Crippen molar-refractivity contribution in [3.63, 3.8) is 0 Å². The third-order valence-corrected chi connectivity index (χ3v) is 3.67. The molecule has 2 N–H and O–H groups in total. The van der Waals surface area contributed by atoms with E-state index in [2.05, 4.69) is 10.6 Å². The van der Waals surface area contributed by atoms with Gasteiger partial charge in [-0.2, -0.15) is 0 Å². The third kappa shape index (κ3) is 6.72. The first kappa shape index (κ1) is 19.7. The molecule has 1 aliphatic rings. The Hall–Kier alpha value is -2.61. The fraction of sp³-hybridized carbons (Fsp3) is 0.500. The van der Waals surface area contributed by atoms with Crippen molar-refractivity contribution in [1.82, 2.24) is 10.6 Å². The van der Waals surface area contributed by atoms with E-state index in [-0.39, 0.29) is 11.7 Å². The largest absolute Gasteiger partial charge is 0.491 e. The molecule has 3 amide bonds. The molecule has 142 valence electrons. The van der Waals surface area contributed by atoms with E-state index in [4.69, 9.17) is 14.2 Å². The lowest BCUT2D eigenvalue weighted by molar-refractivity contribution is -0.123. The number of amides is 3. The van der Waals surface area contributed by atoms with Gasteiger partial charge in [0.2, 0.25) is 0 Å². The lowest BCUT2D eigenvalue weighted by atomic mass is 10.2. The Morgan fingerprint density at radius 2 is 2.00 bits per heavy atom. The second-order valence-corrected chi connectivity index (χ2v) is 5.85. The normalized spacial score (nSPS) is 16.0. The molecule has 1 saturated heterocycles. The van der Waals surface area contributed by atoms with E-state index in [1.165, 1.54) is 0 Å². The van der Waals surface area contributed by atoms with Crippen LogP contribution in [-0.2, 0) is 14.3 Å². The van der Waals surface area contributed by atoms with Gasteiger partial charge in [0, 0.05) is 13.2 Å². The molecule has 26 heavy (non-hydrogen) atoms.